The molecular weight excluding hydrogens is 408 g/mol. The van der Waals surface area contributed by atoms with Crippen LogP contribution < -0.4 is 5.56 Å². The van der Waals surface area contributed by atoms with Crippen LogP contribution in [0.3, 0.4) is 0 Å². The maximum absolute atomic E-state index is 13.0. The van der Waals surface area contributed by atoms with Crippen LogP contribution in [-0.2, 0) is 19.4 Å². The molecule has 0 radical (unpaired) electrons. The summed E-state index contributed by atoms with van der Waals surface area (Å²) < 4.78 is 32.4. The van der Waals surface area contributed by atoms with Gasteiger partial charge in [-0.15, -0.1) is 0 Å². The predicted octanol–water partition coefficient (Wildman–Crippen LogP) is 1.85. The molecule has 0 unspecified atom stereocenters. The van der Waals surface area contributed by atoms with Crippen LogP contribution in [0.4, 0.5) is 0 Å². The average Bonchev–Trinajstić information content (AvgIpc) is 3.09. The number of carboxylic acid groups (broad SMARTS) is 1. The molecule has 1 heterocycles. The normalized spacial score (nSPS) is 22.3. The van der Waals surface area contributed by atoms with Crippen LogP contribution in [0, 0.1) is 12.8 Å². The van der Waals surface area contributed by atoms with Gasteiger partial charge in [0.25, 0.3) is 5.56 Å². The average molecular weight is 427 g/mol. The highest BCUT2D eigenvalue weighted by Gasteiger charge is 2.45. The zero-order valence-corrected chi connectivity index (χ0v) is 16.8. The summed E-state index contributed by atoms with van der Waals surface area (Å²) in [7, 11) is -2.51. The first kappa shape index (κ1) is 20.5. The largest absolute Gasteiger partial charge is 0.481 e. The first-order valence-electron chi connectivity index (χ1n) is 8.51. The Kier molecular flexibility index (Phi) is 5.60. The lowest BCUT2D eigenvalue weighted by molar-refractivity contribution is -0.145. The van der Waals surface area contributed by atoms with Crippen molar-refractivity contribution in [1.29, 1.82) is 0 Å². The van der Waals surface area contributed by atoms with E-state index >= 15 is 0 Å². The van der Waals surface area contributed by atoms with Gasteiger partial charge in [-0.2, -0.15) is 9.78 Å². The van der Waals surface area contributed by atoms with E-state index in [1.807, 2.05) is 0 Å². The highest BCUT2D eigenvalue weighted by molar-refractivity contribution is 7.92. The van der Waals surface area contributed by atoms with Gasteiger partial charge >= 0.3 is 5.97 Å². The highest BCUT2D eigenvalue weighted by Crippen LogP contribution is 2.38. The Balaban J connectivity index is 1.97. The summed E-state index contributed by atoms with van der Waals surface area (Å²) in [5.74, 6) is -1.98. The zero-order valence-electron chi connectivity index (χ0n) is 15.2. The Morgan fingerprint density at radius 3 is 2.57 bits per heavy atom. The molecule has 1 fully saturated rings. The minimum absolute atomic E-state index is 0.0485. The molecular formula is C18H19ClN2O6S. The first-order valence-corrected chi connectivity index (χ1v) is 10.4. The maximum Gasteiger partial charge on any atom is 0.309 e. The van der Waals surface area contributed by atoms with E-state index in [1.165, 1.54) is 31.4 Å². The second kappa shape index (κ2) is 7.65. The fraction of sp³-hybridized carbons (Fsp3) is 0.389. The number of aryl methyl sites for hydroxylation is 1. The summed E-state index contributed by atoms with van der Waals surface area (Å²) in [5, 5.41) is 12.4. The van der Waals surface area contributed by atoms with Gasteiger partial charge in [0.15, 0.2) is 9.84 Å². The molecule has 1 aliphatic rings. The van der Waals surface area contributed by atoms with E-state index < -0.39 is 33.1 Å². The van der Waals surface area contributed by atoms with E-state index in [4.69, 9.17) is 16.3 Å². The second-order valence-corrected chi connectivity index (χ2v) is 9.30. The minimum Gasteiger partial charge on any atom is -0.481 e. The third kappa shape index (κ3) is 3.69. The van der Waals surface area contributed by atoms with Crippen molar-refractivity contribution in [1.82, 2.24) is 9.78 Å². The lowest BCUT2D eigenvalue weighted by atomic mass is 10.1. The number of hydrogen-bond donors (Lipinski definition) is 1. The SMILES string of the molecule is CO[C@@H]1C[C@H](S(=O)(=O)c2ccc(-n3nc(C)ccc3=O)cc2Cl)C[C@H]1C(=O)O. The van der Waals surface area contributed by atoms with Crippen molar-refractivity contribution in [3.05, 3.63) is 51.4 Å². The molecule has 1 aromatic heterocycles. The number of hydrogen-bond acceptors (Lipinski definition) is 6. The molecule has 2 aromatic rings. The highest BCUT2D eigenvalue weighted by atomic mass is 35.5. The topological polar surface area (TPSA) is 116 Å². The van der Waals surface area contributed by atoms with Crippen LogP contribution in [0.15, 0.2) is 40.0 Å². The molecule has 8 nitrogen and oxygen atoms in total. The van der Waals surface area contributed by atoms with E-state index in [2.05, 4.69) is 5.10 Å². The predicted molar refractivity (Wildman–Crippen MR) is 102 cm³/mol. The van der Waals surface area contributed by atoms with Gasteiger partial charge in [0.05, 0.1) is 38.6 Å². The Hall–Kier alpha value is -2.23. The summed E-state index contributed by atoms with van der Waals surface area (Å²) in [4.78, 5) is 23.3. The molecule has 1 N–H and O–H groups in total. The second-order valence-electron chi connectivity index (χ2n) is 6.70. The van der Waals surface area contributed by atoms with E-state index in [0.29, 0.717) is 11.4 Å². The van der Waals surface area contributed by atoms with E-state index in [0.717, 1.165) is 4.68 Å². The van der Waals surface area contributed by atoms with Gasteiger partial charge in [0, 0.05) is 13.2 Å². The van der Waals surface area contributed by atoms with Gasteiger partial charge in [0.2, 0.25) is 0 Å². The van der Waals surface area contributed by atoms with Crippen molar-refractivity contribution in [3.63, 3.8) is 0 Å². The summed E-state index contributed by atoms with van der Waals surface area (Å²) in [5.41, 5.74) is 0.575. The molecule has 0 saturated heterocycles. The fourth-order valence-electron chi connectivity index (χ4n) is 3.45. The maximum atomic E-state index is 13.0. The van der Waals surface area contributed by atoms with Crippen LogP contribution in [-0.4, -0.2) is 47.7 Å². The van der Waals surface area contributed by atoms with Crippen molar-refractivity contribution in [3.8, 4) is 5.69 Å². The summed E-state index contributed by atoms with van der Waals surface area (Å²) in [6.07, 6.45) is -0.648. The number of sulfone groups is 1. The van der Waals surface area contributed by atoms with Gasteiger partial charge in [0.1, 0.15) is 0 Å². The van der Waals surface area contributed by atoms with Gasteiger partial charge in [-0.25, -0.2) is 8.42 Å². The molecule has 3 atom stereocenters. The summed E-state index contributed by atoms with van der Waals surface area (Å²) in [6, 6.07) is 7.06. The minimum atomic E-state index is -3.88. The number of halogens is 1. The Labute approximate surface area is 166 Å². The lowest BCUT2D eigenvalue weighted by Gasteiger charge is -2.14. The van der Waals surface area contributed by atoms with E-state index in [1.54, 1.807) is 13.0 Å². The van der Waals surface area contributed by atoms with Crippen LogP contribution in [0.2, 0.25) is 5.02 Å². The van der Waals surface area contributed by atoms with Gasteiger partial charge in [-0.05, 0) is 44.0 Å². The van der Waals surface area contributed by atoms with Crippen LogP contribution in [0.5, 0.6) is 0 Å². The number of methoxy groups -OCH3 is 1. The molecule has 3 rings (SSSR count). The van der Waals surface area contributed by atoms with Crippen molar-refractivity contribution >= 4 is 27.4 Å². The molecule has 150 valence electrons. The molecule has 0 spiro atoms. The zero-order chi connectivity index (χ0) is 20.6. The molecule has 0 amide bonds. The van der Waals surface area contributed by atoms with Gasteiger partial charge < -0.3 is 9.84 Å². The smallest absolute Gasteiger partial charge is 0.309 e. The van der Waals surface area contributed by atoms with Crippen LogP contribution in [0.25, 0.3) is 5.69 Å². The molecule has 1 aromatic carbocycles. The number of aromatic nitrogens is 2. The number of rotatable bonds is 5. The van der Waals surface area contributed by atoms with Crippen molar-refractivity contribution in [2.24, 2.45) is 5.92 Å². The third-order valence-corrected chi connectivity index (χ3v) is 7.58. The Morgan fingerprint density at radius 1 is 1.29 bits per heavy atom. The molecule has 1 saturated carbocycles. The van der Waals surface area contributed by atoms with Crippen molar-refractivity contribution in [2.75, 3.05) is 7.11 Å². The lowest BCUT2D eigenvalue weighted by Crippen LogP contribution is -2.24. The third-order valence-electron chi connectivity index (χ3n) is 4.92. The Morgan fingerprint density at radius 2 is 2.00 bits per heavy atom. The number of ether oxygens (including phenoxy) is 1. The number of benzene rings is 1. The number of nitrogens with zero attached hydrogens (tertiary/aromatic N) is 2. The standard InChI is InChI=1S/C18H19ClN2O6S/c1-10-3-6-17(22)21(20-10)11-4-5-16(14(19)7-11)28(25,26)12-8-13(18(23)24)15(9-12)27-2/h3-7,12-13,15H,8-9H2,1-2H3,(H,23,24)/t12-,13-,15-/m1/s1. The number of carboxylic acids is 1. The van der Waals surface area contributed by atoms with Crippen LogP contribution >= 0.6 is 11.6 Å². The van der Waals surface area contributed by atoms with Gasteiger partial charge in [-0.1, -0.05) is 11.6 Å². The fourth-order valence-corrected chi connectivity index (χ4v) is 5.80. The monoisotopic (exact) mass is 426 g/mol. The summed E-state index contributed by atoms with van der Waals surface area (Å²) >= 11 is 6.23. The van der Waals surface area contributed by atoms with E-state index in [9.17, 15) is 23.1 Å². The van der Waals surface area contributed by atoms with Crippen molar-refractivity contribution < 1.29 is 23.1 Å². The van der Waals surface area contributed by atoms with Gasteiger partial charge in [-0.3, -0.25) is 9.59 Å². The molecule has 0 aliphatic heterocycles. The molecule has 28 heavy (non-hydrogen) atoms. The molecule has 10 heteroatoms. The quantitative estimate of drug-likeness (QED) is 0.775. The first-order chi connectivity index (χ1) is 13.1. The molecule has 0 bridgehead atoms. The number of aliphatic carboxylic acids is 1. The Bertz CT molecular complexity index is 1080. The summed E-state index contributed by atoms with van der Waals surface area (Å²) in [6.45, 7) is 1.72. The van der Waals surface area contributed by atoms with Crippen LogP contribution in [0.1, 0.15) is 18.5 Å². The number of carbonyl (C=O) groups is 1. The van der Waals surface area contributed by atoms with E-state index in [-0.39, 0.29) is 28.3 Å². The van der Waals surface area contributed by atoms with Crippen molar-refractivity contribution in [2.45, 2.75) is 36.0 Å². The molecule has 1 aliphatic carbocycles.